The van der Waals surface area contributed by atoms with E-state index in [1.807, 2.05) is 57.2 Å². The molecular weight excluding hydrogens is 443 g/mol. The average molecular weight is 468 g/mol. The Labute approximate surface area is 168 Å². The molecule has 5 nitrogen and oxygen atoms in total. The molecule has 140 valence electrons. The van der Waals surface area contributed by atoms with E-state index in [0.29, 0.717) is 13.2 Å². The average Bonchev–Trinajstić information content (AvgIpc) is 2.62. The van der Waals surface area contributed by atoms with Crippen molar-refractivity contribution in [3.8, 4) is 17.2 Å². The number of methoxy groups -OCH3 is 1. The molecule has 0 saturated carbocycles. The van der Waals surface area contributed by atoms with E-state index in [1.165, 1.54) is 0 Å². The van der Waals surface area contributed by atoms with E-state index in [2.05, 4.69) is 33.1 Å². The van der Waals surface area contributed by atoms with Gasteiger partial charge in [-0.05, 0) is 67.1 Å². The lowest BCUT2D eigenvalue weighted by atomic mass is 10.2. The van der Waals surface area contributed by atoms with Crippen LogP contribution < -0.4 is 19.6 Å². The standard InChI is InChI=1S/C20H25IN2O3/c1-5-25-19-11-15(10-17(21)20(19)26-14(2)3)12-22-23-13-16-8-6-7-9-18(16)24-4/h6-12,14,23H,5,13H2,1-4H3/b22-12-. The van der Waals surface area contributed by atoms with E-state index in [9.17, 15) is 0 Å². The molecule has 2 aromatic carbocycles. The Hall–Kier alpha value is -1.96. The Balaban J connectivity index is 2.09. The van der Waals surface area contributed by atoms with E-state index < -0.39 is 0 Å². The highest BCUT2D eigenvalue weighted by Gasteiger charge is 2.13. The molecule has 0 unspecified atom stereocenters. The molecule has 0 radical (unpaired) electrons. The summed E-state index contributed by atoms with van der Waals surface area (Å²) in [6.07, 6.45) is 1.86. The maximum atomic E-state index is 5.89. The molecule has 6 heteroatoms. The van der Waals surface area contributed by atoms with Gasteiger partial charge in [0.25, 0.3) is 0 Å². The quantitative estimate of drug-likeness (QED) is 0.332. The molecule has 0 aliphatic heterocycles. The van der Waals surface area contributed by atoms with Crippen LogP contribution in [0.25, 0.3) is 0 Å². The summed E-state index contributed by atoms with van der Waals surface area (Å²) in [5.41, 5.74) is 5.06. The number of nitrogens with zero attached hydrogens (tertiary/aromatic N) is 1. The normalized spacial score (nSPS) is 11.0. The highest BCUT2D eigenvalue weighted by atomic mass is 127. The van der Waals surface area contributed by atoms with Crippen LogP contribution in [0.2, 0.25) is 0 Å². The molecule has 0 amide bonds. The summed E-state index contributed by atoms with van der Waals surface area (Å²) in [6.45, 7) is 7.13. The Morgan fingerprint density at radius 3 is 2.65 bits per heavy atom. The van der Waals surface area contributed by atoms with Crippen LogP contribution >= 0.6 is 22.6 Å². The minimum atomic E-state index is 0.0877. The number of ether oxygens (including phenoxy) is 3. The Kier molecular flexibility index (Phi) is 8.03. The second-order valence-corrected chi connectivity index (χ2v) is 7.00. The summed E-state index contributed by atoms with van der Waals surface area (Å²) in [7, 11) is 1.67. The predicted molar refractivity (Wildman–Crippen MR) is 114 cm³/mol. The molecule has 26 heavy (non-hydrogen) atoms. The summed E-state index contributed by atoms with van der Waals surface area (Å²) >= 11 is 2.26. The van der Waals surface area contributed by atoms with Crippen molar-refractivity contribution in [2.24, 2.45) is 5.10 Å². The van der Waals surface area contributed by atoms with Crippen molar-refractivity contribution in [1.82, 2.24) is 5.43 Å². The van der Waals surface area contributed by atoms with Gasteiger partial charge in [0.2, 0.25) is 0 Å². The van der Waals surface area contributed by atoms with E-state index >= 15 is 0 Å². The van der Waals surface area contributed by atoms with Crippen molar-refractivity contribution in [3.05, 3.63) is 51.1 Å². The molecule has 0 heterocycles. The molecule has 0 aliphatic rings. The van der Waals surface area contributed by atoms with Crippen LogP contribution in [0.15, 0.2) is 41.5 Å². The number of nitrogens with one attached hydrogen (secondary N) is 1. The third-order valence-electron chi connectivity index (χ3n) is 3.45. The van der Waals surface area contributed by atoms with Gasteiger partial charge in [0, 0.05) is 5.56 Å². The van der Waals surface area contributed by atoms with Gasteiger partial charge in [-0.1, -0.05) is 18.2 Å². The van der Waals surface area contributed by atoms with E-state index in [4.69, 9.17) is 14.2 Å². The Morgan fingerprint density at radius 2 is 1.96 bits per heavy atom. The minimum Gasteiger partial charge on any atom is -0.496 e. The molecule has 1 N–H and O–H groups in total. The molecule has 0 fully saturated rings. The van der Waals surface area contributed by atoms with E-state index in [1.54, 1.807) is 13.3 Å². The molecular formula is C20H25IN2O3. The van der Waals surface area contributed by atoms with Crippen LogP contribution in [0.4, 0.5) is 0 Å². The first-order chi connectivity index (χ1) is 12.5. The first kappa shape index (κ1) is 20.4. The molecule has 0 bridgehead atoms. The molecule has 0 saturated heterocycles. The zero-order valence-electron chi connectivity index (χ0n) is 15.6. The monoisotopic (exact) mass is 468 g/mol. The SMILES string of the molecule is CCOc1cc(/C=N\NCc2ccccc2OC)cc(I)c1OC(C)C. The smallest absolute Gasteiger partial charge is 0.174 e. The van der Waals surface area contributed by atoms with Crippen LogP contribution in [0.3, 0.4) is 0 Å². The maximum absolute atomic E-state index is 5.89. The van der Waals surface area contributed by atoms with Gasteiger partial charge in [0.05, 0.1) is 36.2 Å². The topological polar surface area (TPSA) is 52.1 Å². The second kappa shape index (κ2) is 10.3. The van der Waals surface area contributed by atoms with Crippen molar-refractivity contribution in [2.75, 3.05) is 13.7 Å². The van der Waals surface area contributed by atoms with Crippen LogP contribution in [0.5, 0.6) is 17.2 Å². The fraction of sp³-hybridized carbons (Fsp3) is 0.350. The summed E-state index contributed by atoms with van der Waals surface area (Å²) in [5.74, 6) is 2.36. The zero-order chi connectivity index (χ0) is 18.9. The van der Waals surface area contributed by atoms with Crippen molar-refractivity contribution < 1.29 is 14.2 Å². The third kappa shape index (κ3) is 5.79. The highest BCUT2D eigenvalue weighted by molar-refractivity contribution is 14.1. The number of hydrogen-bond donors (Lipinski definition) is 1. The number of benzene rings is 2. The third-order valence-corrected chi connectivity index (χ3v) is 4.25. The van der Waals surface area contributed by atoms with E-state index in [0.717, 1.165) is 31.9 Å². The van der Waals surface area contributed by atoms with Gasteiger partial charge in [-0.2, -0.15) is 5.10 Å². The first-order valence-corrected chi connectivity index (χ1v) is 9.63. The fourth-order valence-corrected chi connectivity index (χ4v) is 3.13. The lowest BCUT2D eigenvalue weighted by Crippen LogP contribution is -2.09. The summed E-state index contributed by atoms with van der Waals surface area (Å²) in [5, 5.41) is 4.31. The van der Waals surface area contributed by atoms with Crippen molar-refractivity contribution in [2.45, 2.75) is 33.4 Å². The number of halogens is 1. The largest absolute Gasteiger partial charge is 0.496 e. The number of rotatable bonds is 9. The van der Waals surface area contributed by atoms with Crippen LogP contribution in [0, 0.1) is 3.57 Å². The maximum Gasteiger partial charge on any atom is 0.174 e. The first-order valence-electron chi connectivity index (χ1n) is 8.56. The predicted octanol–water partition coefficient (Wildman–Crippen LogP) is 4.61. The van der Waals surface area contributed by atoms with Gasteiger partial charge in [-0.15, -0.1) is 0 Å². The molecule has 0 aliphatic carbocycles. The van der Waals surface area contributed by atoms with Crippen LogP contribution in [-0.2, 0) is 6.54 Å². The molecule has 2 aromatic rings. The molecule has 2 rings (SSSR count). The summed E-state index contributed by atoms with van der Waals surface area (Å²) in [6, 6.07) is 11.8. The second-order valence-electron chi connectivity index (χ2n) is 5.83. The van der Waals surface area contributed by atoms with Gasteiger partial charge in [-0.3, -0.25) is 0 Å². The fourth-order valence-electron chi connectivity index (χ4n) is 2.38. The van der Waals surface area contributed by atoms with Crippen LogP contribution in [0.1, 0.15) is 31.9 Å². The number of hydrazone groups is 1. The molecule has 0 aromatic heterocycles. The molecule has 0 atom stereocenters. The summed E-state index contributed by atoms with van der Waals surface area (Å²) < 4.78 is 18.0. The lowest BCUT2D eigenvalue weighted by molar-refractivity contribution is 0.222. The van der Waals surface area contributed by atoms with E-state index in [-0.39, 0.29) is 6.10 Å². The van der Waals surface area contributed by atoms with Crippen LogP contribution in [-0.4, -0.2) is 26.0 Å². The number of hydrogen-bond acceptors (Lipinski definition) is 5. The summed E-state index contributed by atoms with van der Waals surface area (Å²) in [4.78, 5) is 0. The highest BCUT2D eigenvalue weighted by Crippen LogP contribution is 2.34. The van der Waals surface area contributed by atoms with Crippen molar-refractivity contribution in [3.63, 3.8) is 0 Å². The molecule has 0 spiro atoms. The van der Waals surface area contributed by atoms with Gasteiger partial charge in [0.15, 0.2) is 11.5 Å². The Morgan fingerprint density at radius 1 is 1.19 bits per heavy atom. The minimum absolute atomic E-state index is 0.0877. The van der Waals surface area contributed by atoms with Gasteiger partial charge in [0.1, 0.15) is 5.75 Å². The van der Waals surface area contributed by atoms with Crippen molar-refractivity contribution in [1.29, 1.82) is 0 Å². The van der Waals surface area contributed by atoms with Gasteiger partial charge in [-0.25, -0.2) is 0 Å². The lowest BCUT2D eigenvalue weighted by Gasteiger charge is -2.16. The van der Waals surface area contributed by atoms with Gasteiger partial charge < -0.3 is 19.6 Å². The Bertz CT molecular complexity index is 748. The number of para-hydroxylation sites is 1. The van der Waals surface area contributed by atoms with Gasteiger partial charge >= 0.3 is 0 Å². The zero-order valence-corrected chi connectivity index (χ0v) is 17.7. The van der Waals surface area contributed by atoms with Crippen molar-refractivity contribution >= 4 is 28.8 Å².